The van der Waals surface area contributed by atoms with Gasteiger partial charge in [0.15, 0.2) is 5.96 Å². The number of piperidine rings is 1. The predicted octanol–water partition coefficient (Wildman–Crippen LogP) is 2.82. The SMILES string of the molecule is CCNC(=NCCc1cccc(C(=O)NC)c1)NC1CCCN(c2cccc(OC)c2)C1. The number of anilines is 1. The summed E-state index contributed by atoms with van der Waals surface area (Å²) in [5.74, 6) is 1.66. The maximum Gasteiger partial charge on any atom is 0.251 e. The van der Waals surface area contributed by atoms with Crippen LogP contribution in [-0.2, 0) is 6.42 Å². The molecule has 1 amide bonds. The summed E-state index contributed by atoms with van der Waals surface area (Å²) in [4.78, 5) is 19.0. The molecule has 3 N–H and O–H groups in total. The lowest BCUT2D eigenvalue weighted by atomic mass is 10.0. The number of hydrogen-bond acceptors (Lipinski definition) is 4. The minimum absolute atomic E-state index is 0.0664. The highest BCUT2D eigenvalue weighted by Gasteiger charge is 2.21. The largest absolute Gasteiger partial charge is 0.497 e. The zero-order valence-electron chi connectivity index (χ0n) is 19.4. The van der Waals surface area contributed by atoms with Crippen molar-refractivity contribution in [1.29, 1.82) is 0 Å². The van der Waals surface area contributed by atoms with Crippen molar-refractivity contribution < 1.29 is 9.53 Å². The van der Waals surface area contributed by atoms with Crippen molar-refractivity contribution in [1.82, 2.24) is 16.0 Å². The summed E-state index contributed by atoms with van der Waals surface area (Å²) in [6.45, 7) is 5.50. The highest BCUT2D eigenvalue weighted by Crippen LogP contribution is 2.24. The summed E-state index contributed by atoms with van der Waals surface area (Å²) in [6, 6.07) is 16.3. The maximum atomic E-state index is 11.8. The molecular formula is C25H35N5O2. The molecule has 0 spiro atoms. The molecule has 7 heteroatoms. The van der Waals surface area contributed by atoms with Crippen molar-refractivity contribution in [2.45, 2.75) is 32.2 Å². The lowest BCUT2D eigenvalue weighted by Crippen LogP contribution is -2.51. The van der Waals surface area contributed by atoms with E-state index in [0.29, 0.717) is 18.2 Å². The number of rotatable bonds is 8. The molecule has 2 aromatic rings. The molecule has 1 fully saturated rings. The van der Waals surface area contributed by atoms with Crippen molar-refractivity contribution in [3.05, 3.63) is 59.7 Å². The molecule has 0 bridgehead atoms. The van der Waals surface area contributed by atoms with Crippen molar-refractivity contribution in [2.24, 2.45) is 4.99 Å². The second-order valence-corrected chi connectivity index (χ2v) is 7.92. The van der Waals surface area contributed by atoms with Gasteiger partial charge in [-0.1, -0.05) is 18.2 Å². The molecule has 0 aliphatic carbocycles. The fraction of sp³-hybridized carbons (Fsp3) is 0.440. The van der Waals surface area contributed by atoms with E-state index in [-0.39, 0.29) is 5.91 Å². The van der Waals surface area contributed by atoms with E-state index in [2.05, 4.69) is 39.9 Å². The Kier molecular flexibility index (Phi) is 8.78. The number of carbonyl (C=O) groups is 1. The molecule has 1 atom stereocenters. The summed E-state index contributed by atoms with van der Waals surface area (Å²) in [5.41, 5.74) is 2.97. The first-order valence-electron chi connectivity index (χ1n) is 11.4. The van der Waals surface area contributed by atoms with Gasteiger partial charge < -0.3 is 25.6 Å². The quantitative estimate of drug-likeness (QED) is 0.437. The Hall–Kier alpha value is -3.22. The average Bonchev–Trinajstić information content (AvgIpc) is 2.84. The summed E-state index contributed by atoms with van der Waals surface area (Å²) >= 11 is 0. The number of carbonyl (C=O) groups excluding carboxylic acids is 1. The Morgan fingerprint density at radius 3 is 2.84 bits per heavy atom. The number of amides is 1. The van der Waals surface area contributed by atoms with Crippen molar-refractivity contribution in [3.8, 4) is 5.75 Å². The molecule has 7 nitrogen and oxygen atoms in total. The van der Waals surface area contributed by atoms with Crippen LogP contribution < -0.4 is 25.6 Å². The average molecular weight is 438 g/mol. The molecule has 0 aromatic heterocycles. The van der Waals surface area contributed by atoms with Crippen LogP contribution in [-0.4, -0.2) is 58.2 Å². The normalized spacial score (nSPS) is 16.4. The van der Waals surface area contributed by atoms with Gasteiger partial charge in [0, 0.05) is 56.6 Å². The van der Waals surface area contributed by atoms with Crippen LogP contribution in [0.1, 0.15) is 35.7 Å². The lowest BCUT2D eigenvalue weighted by molar-refractivity contribution is 0.0963. The predicted molar refractivity (Wildman–Crippen MR) is 131 cm³/mol. The topological polar surface area (TPSA) is 78.0 Å². The summed E-state index contributed by atoms with van der Waals surface area (Å²) < 4.78 is 5.38. The summed E-state index contributed by atoms with van der Waals surface area (Å²) in [5, 5.41) is 9.65. The van der Waals surface area contributed by atoms with Crippen LogP contribution in [0.3, 0.4) is 0 Å². The smallest absolute Gasteiger partial charge is 0.251 e. The molecular weight excluding hydrogens is 402 g/mol. The monoisotopic (exact) mass is 437 g/mol. The Morgan fingerprint density at radius 1 is 1.22 bits per heavy atom. The van der Waals surface area contributed by atoms with Gasteiger partial charge in [-0.05, 0) is 56.0 Å². The Balaban J connectivity index is 1.59. The Labute approximate surface area is 191 Å². The van der Waals surface area contributed by atoms with Gasteiger partial charge in [-0.15, -0.1) is 0 Å². The number of methoxy groups -OCH3 is 1. The molecule has 172 valence electrons. The Morgan fingerprint density at radius 2 is 2.06 bits per heavy atom. The first-order valence-corrected chi connectivity index (χ1v) is 11.4. The minimum Gasteiger partial charge on any atom is -0.497 e. The first kappa shape index (κ1) is 23.4. The fourth-order valence-corrected chi connectivity index (χ4v) is 3.96. The molecule has 0 saturated carbocycles. The number of ether oxygens (including phenoxy) is 1. The zero-order valence-corrected chi connectivity index (χ0v) is 19.4. The standard InChI is InChI=1S/C25H35N5O2/c1-4-27-25(28-14-13-19-8-5-9-20(16-19)24(31)26-2)29-21-10-7-15-30(18-21)22-11-6-12-23(17-22)32-3/h5-6,8-9,11-12,16-17,21H,4,7,10,13-15,18H2,1-3H3,(H,26,31)(H2,27,28,29). The number of nitrogens with one attached hydrogen (secondary N) is 3. The second kappa shape index (κ2) is 12.0. The zero-order chi connectivity index (χ0) is 22.8. The number of hydrogen-bond donors (Lipinski definition) is 3. The maximum absolute atomic E-state index is 11.8. The third-order valence-corrected chi connectivity index (χ3v) is 5.61. The molecule has 1 unspecified atom stereocenters. The van der Waals surface area contributed by atoms with Crippen LogP contribution in [0.2, 0.25) is 0 Å². The fourth-order valence-electron chi connectivity index (χ4n) is 3.96. The van der Waals surface area contributed by atoms with Gasteiger partial charge >= 0.3 is 0 Å². The third kappa shape index (κ3) is 6.64. The van der Waals surface area contributed by atoms with E-state index in [0.717, 1.165) is 56.2 Å². The Bertz CT molecular complexity index is 915. The van der Waals surface area contributed by atoms with E-state index >= 15 is 0 Å². The summed E-state index contributed by atoms with van der Waals surface area (Å²) in [7, 11) is 3.35. The van der Waals surface area contributed by atoms with Crippen LogP contribution in [0.5, 0.6) is 5.75 Å². The molecule has 0 radical (unpaired) electrons. The lowest BCUT2D eigenvalue weighted by Gasteiger charge is -2.35. The first-order chi connectivity index (χ1) is 15.6. The van der Waals surface area contributed by atoms with Gasteiger partial charge in [-0.3, -0.25) is 9.79 Å². The van der Waals surface area contributed by atoms with Gasteiger partial charge in [0.25, 0.3) is 5.91 Å². The molecule has 1 saturated heterocycles. The van der Waals surface area contributed by atoms with E-state index in [9.17, 15) is 4.79 Å². The molecule has 1 aliphatic heterocycles. The molecule has 2 aromatic carbocycles. The van der Waals surface area contributed by atoms with Crippen molar-refractivity contribution in [2.75, 3.05) is 45.2 Å². The van der Waals surface area contributed by atoms with E-state index < -0.39 is 0 Å². The van der Waals surface area contributed by atoms with Gasteiger partial charge in [-0.25, -0.2) is 0 Å². The van der Waals surface area contributed by atoms with E-state index in [4.69, 9.17) is 9.73 Å². The van der Waals surface area contributed by atoms with Crippen LogP contribution >= 0.6 is 0 Å². The number of nitrogens with zero attached hydrogens (tertiary/aromatic N) is 2. The van der Waals surface area contributed by atoms with Gasteiger partial charge in [0.2, 0.25) is 0 Å². The van der Waals surface area contributed by atoms with Crippen LogP contribution in [0.15, 0.2) is 53.5 Å². The molecule has 1 aliphatic rings. The second-order valence-electron chi connectivity index (χ2n) is 7.92. The number of benzene rings is 2. The number of guanidine groups is 1. The van der Waals surface area contributed by atoms with Crippen molar-refractivity contribution >= 4 is 17.6 Å². The van der Waals surface area contributed by atoms with Crippen molar-refractivity contribution in [3.63, 3.8) is 0 Å². The number of aliphatic imine (C=N–C) groups is 1. The van der Waals surface area contributed by atoms with E-state index in [1.165, 1.54) is 5.69 Å². The molecule has 1 heterocycles. The van der Waals surface area contributed by atoms with E-state index in [1.54, 1.807) is 14.2 Å². The van der Waals surface area contributed by atoms with Gasteiger partial charge in [0.05, 0.1) is 7.11 Å². The molecule has 32 heavy (non-hydrogen) atoms. The molecule has 3 rings (SSSR count). The highest BCUT2D eigenvalue weighted by atomic mass is 16.5. The van der Waals surface area contributed by atoms with E-state index in [1.807, 2.05) is 36.4 Å². The van der Waals surface area contributed by atoms with Gasteiger partial charge in [0.1, 0.15) is 5.75 Å². The van der Waals surface area contributed by atoms with Crippen LogP contribution in [0, 0.1) is 0 Å². The minimum atomic E-state index is -0.0664. The third-order valence-electron chi connectivity index (χ3n) is 5.61. The van der Waals surface area contributed by atoms with Gasteiger partial charge in [-0.2, -0.15) is 0 Å². The summed E-state index contributed by atoms with van der Waals surface area (Å²) in [6.07, 6.45) is 3.02. The van der Waals surface area contributed by atoms with Crippen LogP contribution in [0.4, 0.5) is 5.69 Å². The highest BCUT2D eigenvalue weighted by molar-refractivity contribution is 5.94. The van der Waals surface area contributed by atoms with Crippen LogP contribution in [0.25, 0.3) is 0 Å².